The molecule has 1 heterocycles. The lowest BCUT2D eigenvalue weighted by Crippen LogP contribution is -2.61. The van der Waals surface area contributed by atoms with Crippen molar-refractivity contribution in [3.05, 3.63) is 35.9 Å². The van der Waals surface area contributed by atoms with E-state index in [9.17, 15) is 68.1 Å². The zero-order chi connectivity index (χ0) is 54.4. The number of nitrogens with one attached hydrogen (secondary N) is 7. The molecule has 1 aromatic rings. The number of amides is 9. The molecule has 1 fully saturated rings. The van der Waals surface area contributed by atoms with Crippen LogP contribution in [0.5, 0.6) is 0 Å². The highest BCUT2D eigenvalue weighted by Crippen LogP contribution is 2.21. The lowest BCUT2D eigenvalue weighted by Gasteiger charge is -2.32. The molecule has 25 heteroatoms. The predicted octanol–water partition coefficient (Wildman–Crippen LogP) is -2.13. The molecule has 0 aliphatic carbocycles. The second kappa shape index (κ2) is 30.5. The van der Waals surface area contributed by atoms with Crippen molar-refractivity contribution in [2.45, 2.75) is 147 Å². The molecule has 402 valence electrons. The summed E-state index contributed by atoms with van der Waals surface area (Å²) in [7, 11) is 0. The second-order valence-corrected chi connectivity index (χ2v) is 19.4. The molecule has 24 nitrogen and oxygen atoms in total. The number of carbonyl (C=O) groups excluding carboxylic acids is 9. The normalized spacial score (nSPS) is 17.1. The molecule has 0 radical (unpaired) electrons. The molecule has 0 saturated carbocycles. The number of aliphatic carboxylic acids is 2. The van der Waals surface area contributed by atoms with Crippen LogP contribution in [0.1, 0.15) is 92.1 Å². The minimum Gasteiger partial charge on any atom is -0.481 e. The first kappa shape index (κ1) is 61.8. The van der Waals surface area contributed by atoms with Crippen molar-refractivity contribution in [1.82, 2.24) is 42.1 Å². The van der Waals surface area contributed by atoms with Gasteiger partial charge in [-0.15, -0.1) is 0 Å². The quantitative estimate of drug-likeness (QED) is 0.0378. The van der Waals surface area contributed by atoms with E-state index in [0.717, 1.165) is 0 Å². The van der Waals surface area contributed by atoms with Crippen molar-refractivity contribution in [3.8, 4) is 0 Å². The molecule has 0 aromatic heterocycles. The molecule has 2 rings (SSSR count). The van der Waals surface area contributed by atoms with E-state index >= 15 is 0 Å². The highest BCUT2D eigenvalue weighted by Gasteiger charge is 2.41. The Labute approximate surface area is 423 Å². The maximum absolute atomic E-state index is 14.3. The summed E-state index contributed by atoms with van der Waals surface area (Å²) in [5.41, 5.74) is 12.1. The van der Waals surface area contributed by atoms with Crippen molar-refractivity contribution in [1.29, 1.82) is 0 Å². The predicted molar refractivity (Wildman–Crippen MR) is 264 cm³/mol. The van der Waals surface area contributed by atoms with Gasteiger partial charge in [0, 0.05) is 19.4 Å². The Kier molecular flexibility index (Phi) is 26.2. The van der Waals surface area contributed by atoms with E-state index in [1.807, 2.05) is 6.92 Å². The summed E-state index contributed by atoms with van der Waals surface area (Å²) in [5.74, 6) is -11.8. The van der Waals surface area contributed by atoms with Crippen molar-refractivity contribution < 1.29 is 68.1 Å². The van der Waals surface area contributed by atoms with E-state index in [4.69, 9.17) is 11.5 Å². The Morgan fingerprint density at radius 2 is 1.21 bits per heavy atom. The number of carboxylic acids is 2. The standard InChI is InChI=1S/C47H74N10O14S/c1-8-26(6)36(49)45(68)51-29(18-20-72-7)39(62)53-31(22-35(60)61)41(64)50-28(16-17-34(48)59)40(63)55-37(24(2)3)46(69)57-19-12-15-33(57)44(67)54-32(23-58)43(66)52-30(21-27-13-10-9-11-14-27)42(65)56-38(25(4)5)47(70)71/h9-11,13-14,24-26,28-33,36-38,58H,8,12,15-23,49H2,1-7H3,(H2,48,59)(H,50,64)(H,51,68)(H,52,66)(H,53,62)(H,54,67)(H,55,63)(H,56,65)(H,60,61)(H,70,71)/t26-,28-,29-,30-,31-,32-,33-,36-,37-,38-/m0/s1. The fourth-order valence-corrected chi connectivity index (χ4v) is 8.05. The van der Waals surface area contributed by atoms with Crippen LogP contribution in [0.25, 0.3) is 0 Å². The summed E-state index contributed by atoms with van der Waals surface area (Å²) >= 11 is 1.36. The molecular formula is C47H74N10O14S. The van der Waals surface area contributed by atoms with Gasteiger partial charge in [-0.05, 0) is 61.0 Å². The Bertz CT molecular complexity index is 2060. The molecule has 1 aliphatic rings. The molecule has 9 amide bonds. The summed E-state index contributed by atoms with van der Waals surface area (Å²) in [6, 6.07) is -3.96. The largest absolute Gasteiger partial charge is 0.481 e. The van der Waals surface area contributed by atoms with E-state index < -0.39 is 157 Å². The molecule has 0 bridgehead atoms. The van der Waals surface area contributed by atoms with Crippen LogP contribution in [0, 0.1) is 17.8 Å². The second-order valence-electron chi connectivity index (χ2n) is 18.5. The van der Waals surface area contributed by atoms with Gasteiger partial charge in [-0.25, -0.2) is 4.79 Å². The van der Waals surface area contributed by atoms with Crippen molar-refractivity contribution in [3.63, 3.8) is 0 Å². The summed E-state index contributed by atoms with van der Waals surface area (Å²) in [6.07, 6.45) is 0.897. The highest BCUT2D eigenvalue weighted by atomic mass is 32.2. The van der Waals surface area contributed by atoms with Crippen molar-refractivity contribution in [2.75, 3.05) is 25.2 Å². The van der Waals surface area contributed by atoms with Crippen LogP contribution in [-0.2, 0) is 59.2 Å². The molecular weight excluding hydrogens is 961 g/mol. The first-order valence-corrected chi connectivity index (χ1v) is 25.3. The average Bonchev–Trinajstić information content (AvgIpc) is 3.83. The third-order valence-electron chi connectivity index (χ3n) is 12.2. The number of carboxylic acid groups (broad SMARTS) is 2. The zero-order valence-electron chi connectivity index (χ0n) is 41.9. The maximum Gasteiger partial charge on any atom is 0.326 e. The SMILES string of the molecule is CC[C@H](C)[C@H](N)C(=O)N[C@@H](CCSC)C(=O)N[C@@H](CC(=O)O)C(=O)N[C@@H](CCC(N)=O)C(=O)N[C@H](C(=O)N1CCC[C@H]1C(=O)N[C@@H](CO)C(=O)N[C@@H](Cc1ccccc1)C(=O)N[C@H](C(=O)O)C(C)C)C(C)C. The minimum absolute atomic E-state index is 0.0201. The topological polar surface area (TPSA) is 388 Å². The third kappa shape index (κ3) is 19.7. The Morgan fingerprint density at radius 1 is 0.694 bits per heavy atom. The van der Waals surface area contributed by atoms with E-state index in [1.165, 1.54) is 16.7 Å². The van der Waals surface area contributed by atoms with Gasteiger partial charge >= 0.3 is 11.9 Å². The monoisotopic (exact) mass is 1030 g/mol. The fourth-order valence-electron chi connectivity index (χ4n) is 7.58. The summed E-state index contributed by atoms with van der Waals surface area (Å²) < 4.78 is 0. The first-order valence-electron chi connectivity index (χ1n) is 23.9. The molecule has 1 aromatic carbocycles. The summed E-state index contributed by atoms with van der Waals surface area (Å²) in [4.78, 5) is 146. The summed E-state index contributed by atoms with van der Waals surface area (Å²) in [6.45, 7) is 9.01. The van der Waals surface area contributed by atoms with Crippen LogP contribution < -0.4 is 48.7 Å². The van der Waals surface area contributed by atoms with E-state index in [-0.39, 0.29) is 31.7 Å². The lowest BCUT2D eigenvalue weighted by molar-refractivity contribution is -0.144. The van der Waals surface area contributed by atoms with E-state index in [0.29, 0.717) is 24.2 Å². The lowest BCUT2D eigenvalue weighted by atomic mass is 9.99. The van der Waals surface area contributed by atoms with Crippen molar-refractivity contribution in [2.24, 2.45) is 29.2 Å². The van der Waals surface area contributed by atoms with Gasteiger partial charge in [-0.2, -0.15) is 11.8 Å². The van der Waals surface area contributed by atoms with Gasteiger partial charge in [0.05, 0.1) is 19.1 Å². The number of rotatable bonds is 31. The number of carbonyl (C=O) groups is 11. The number of nitrogens with two attached hydrogens (primary N) is 2. The number of hydrogen-bond donors (Lipinski definition) is 12. The van der Waals surface area contributed by atoms with Crippen LogP contribution >= 0.6 is 11.8 Å². The smallest absolute Gasteiger partial charge is 0.326 e. The number of likely N-dealkylation sites (tertiary alicyclic amines) is 1. The molecule has 1 saturated heterocycles. The first-order chi connectivity index (χ1) is 33.9. The highest BCUT2D eigenvalue weighted by molar-refractivity contribution is 7.98. The fraction of sp³-hybridized carbons (Fsp3) is 0.638. The van der Waals surface area contributed by atoms with Crippen LogP contribution in [0.15, 0.2) is 30.3 Å². The molecule has 0 spiro atoms. The number of nitrogens with zero attached hydrogens (tertiary/aromatic N) is 1. The van der Waals surface area contributed by atoms with Gasteiger partial charge in [-0.3, -0.25) is 47.9 Å². The van der Waals surface area contributed by atoms with Gasteiger partial charge in [-0.1, -0.05) is 78.3 Å². The number of hydrogen-bond acceptors (Lipinski definition) is 14. The number of aliphatic hydroxyl groups excluding tert-OH is 1. The average molecular weight is 1040 g/mol. The van der Waals surface area contributed by atoms with Crippen molar-refractivity contribution >= 4 is 76.9 Å². The molecule has 0 unspecified atom stereocenters. The van der Waals surface area contributed by atoms with Crippen LogP contribution in [0.2, 0.25) is 0 Å². The molecule has 10 atom stereocenters. The van der Waals surface area contributed by atoms with Gasteiger partial charge in [0.1, 0.15) is 48.3 Å². The Morgan fingerprint density at radius 3 is 1.75 bits per heavy atom. The van der Waals surface area contributed by atoms with E-state index in [1.54, 1.807) is 71.2 Å². The molecule has 72 heavy (non-hydrogen) atoms. The van der Waals surface area contributed by atoms with Gasteiger partial charge < -0.3 is 68.9 Å². The van der Waals surface area contributed by atoms with Gasteiger partial charge in [0.15, 0.2) is 0 Å². The minimum atomic E-state index is -1.80. The van der Waals surface area contributed by atoms with Crippen LogP contribution in [-0.4, -0.2) is 165 Å². The van der Waals surface area contributed by atoms with Gasteiger partial charge in [0.25, 0.3) is 0 Å². The maximum atomic E-state index is 14.3. The van der Waals surface area contributed by atoms with Crippen LogP contribution in [0.3, 0.4) is 0 Å². The Hall–Kier alpha value is -6.34. The molecule has 1 aliphatic heterocycles. The summed E-state index contributed by atoms with van der Waals surface area (Å²) in [5, 5.41) is 46.9. The zero-order valence-corrected chi connectivity index (χ0v) is 42.8. The number of aliphatic hydroxyl groups is 1. The molecule has 14 N–H and O–H groups in total. The number of benzene rings is 1. The number of thioether (sulfide) groups is 1. The number of primary amides is 1. The van der Waals surface area contributed by atoms with Crippen LogP contribution in [0.4, 0.5) is 0 Å². The van der Waals surface area contributed by atoms with E-state index in [2.05, 4.69) is 37.2 Å². The third-order valence-corrected chi connectivity index (χ3v) is 12.8. The van der Waals surface area contributed by atoms with Gasteiger partial charge in [0.2, 0.25) is 53.2 Å². The Balaban J connectivity index is 2.33.